The van der Waals surface area contributed by atoms with Gasteiger partial charge in [0.05, 0.1) is 0 Å². The average molecular weight is 326 g/mol. The van der Waals surface area contributed by atoms with Crippen LogP contribution >= 0.6 is 11.8 Å². The number of likely N-dealkylation sites (N-methyl/N-ethyl adjacent to an activating group) is 1. The van der Waals surface area contributed by atoms with E-state index in [-0.39, 0.29) is 11.3 Å². The Morgan fingerprint density at radius 1 is 1.04 bits per heavy atom. The van der Waals surface area contributed by atoms with Gasteiger partial charge in [-0.25, -0.2) is 4.79 Å². The summed E-state index contributed by atoms with van der Waals surface area (Å²) in [4.78, 5) is 16.4. The van der Waals surface area contributed by atoms with Crippen LogP contribution in [0.3, 0.4) is 0 Å². The summed E-state index contributed by atoms with van der Waals surface area (Å²) in [5.41, 5.74) is 0.922. The second-order valence-electron chi connectivity index (χ2n) is 5.65. The van der Waals surface area contributed by atoms with Crippen molar-refractivity contribution in [3.63, 3.8) is 0 Å². The van der Waals surface area contributed by atoms with Crippen LogP contribution in [0.15, 0.2) is 60.7 Å². The monoisotopic (exact) mass is 326 g/mol. The first-order valence-corrected chi connectivity index (χ1v) is 8.12. The number of hydrogen-bond acceptors (Lipinski definition) is 2. The zero-order valence-corrected chi connectivity index (χ0v) is 13.3. The Morgan fingerprint density at radius 2 is 1.61 bits per heavy atom. The van der Waals surface area contributed by atoms with E-state index >= 15 is 0 Å². The number of benzene rings is 2. The molecule has 2 aromatic carbocycles. The molecule has 2 atom stereocenters. The van der Waals surface area contributed by atoms with Crippen molar-refractivity contribution in [2.24, 2.45) is 0 Å². The molecule has 2 amide bonds. The summed E-state index contributed by atoms with van der Waals surface area (Å²) in [6.45, 7) is 0. The highest BCUT2D eigenvalue weighted by atomic mass is 32.2. The first-order valence-electron chi connectivity index (χ1n) is 7.30. The Labute approximate surface area is 138 Å². The topological polar surface area (TPSA) is 66.5 Å². The van der Waals surface area contributed by atoms with Crippen molar-refractivity contribution in [3.05, 3.63) is 71.8 Å². The van der Waals surface area contributed by atoms with Crippen molar-refractivity contribution in [1.82, 2.24) is 10.2 Å². The molecule has 0 aromatic heterocycles. The van der Waals surface area contributed by atoms with Crippen LogP contribution in [0.1, 0.15) is 11.1 Å². The molecule has 0 unspecified atom stereocenters. The van der Waals surface area contributed by atoms with Gasteiger partial charge in [0.15, 0.2) is 0 Å². The van der Waals surface area contributed by atoms with Crippen molar-refractivity contribution in [2.75, 3.05) is 7.05 Å². The molecule has 2 aromatic rings. The van der Waals surface area contributed by atoms with Crippen molar-refractivity contribution >= 4 is 23.0 Å². The number of carbonyl (C=O) groups excluding carboxylic acids is 1. The molecule has 2 aliphatic heterocycles. The van der Waals surface area contributed by atoms with Crippen LogP contribution in [0.5, 0.6) is 0 Å². The predicted molar refractivity (Wildman–Crippen MR) is 88.7 cm³/mol. The van der Waals surface area contributed by atoms with E-state index in [1.807, 2.05) is 60.7 Å². The van der Waals surface area contributed by atoms with E-state index in [1.54, 1.807) is 11.9 Å². The van der Waals surface area contributed by atoms with E-state index in [0.29, 0.717) is 0 Å². The summed E-state index contributed by atoms with van der Waals surface area (Å²) >= 11 is 1.23. The fourth-order valence-electron chi connectivity index (χ4n) is 3.47. The second kappa shape index (κ2) is 4.76. The number of nitrogens with one attached hydrogen (secondary N) is 2. The van der Waals surface area contributed by atoms with Gasteiger partial charge in [-0.1, -0.05) is 48.5 Å². The Morgan fingerprint density at radius 3 is 2.22 bits per heavy atom. The molecule has 3 N–H and O–H groups in total. The maximum Gasteiger partial charge on any atom is 0.401 e. The lowest BCUT2D eigenvalue weighted by Crippen LogP contribution is -2.89. The standard InChI is InChI=1S/C17H15N3O2S/c1-20-14(21)18-17(13-10-6-3-7-11-13)16(20,19-15(22)23-17)12-8-4-2-5-9-12/h2-11H,1H3,(H,18,21)(H,19,22)/p+1/t16-,17-/m1/s1. The van der Waals surface area contributed by atoms with Gasteiger partial charge in [-0.05, 0) is 17.7 Å². The molecule has 0 radical (unpaired) electrons. The Balaban J connectivity index is 2.03. The number of thioether (sulfide) groups is 1. The molecule has 0 aliphatic carbocycles. The SMILES string of the molecule is CN1C(=O)N[C@]2(c3ccccc3)SC(O)=[NH+][C@]12c1ccccc1. The molecule has 1 saturated heterocycles. The predicted octanol–water partition coefficient (Wildman–Crippen LogP) is 1.09. The van der Waals surface area contributed by atoms with E-state index in [9.17, 15) is 9.90 Å². The van der Waals surface area contributed by atoms with Gasteiger partial charge in [-0.3, -0.25) is 4.90 Å². The fraction of sp³-hybridized carbons (Fsp3) is 0.176. The zero-order valence-electron chi connectivity index (χ0n) is 12.5. The largest absolute Gasteiger partial charge is 0.455 e. The van der Waals surface area contributed by atoms with Crippen LogP contribution in [-0.2, 0) is 10.5 Å². The minimum absolute atomic E-state index is 0.0876. The molecule has 4 rings (SSSR count). The van der Waals surface area contributed by atoms with Crippen molar-refractivity contribution in [3.8, 4) is 0 Å². The smallest absolute Gasteiger partial charge is 0.401 e. The quantitative estimate of drug-likeness (QED) is 0.774. The van der Waals surface area contributed by atoms with Crippen molar-refractivity contribution in [2.45, 2.75) is 10.5 Å². The van der Waals surface area contributed by atoms with Crippen LogP contribution < -0.4 is 10.3 Å². The summed E-state index contributed by atoms with van der Waals surface area (Å²) in [7, 11) is 1.74. The molecular formula is C17H16N3O2S+. The van der Waals surface area contributed by atoms with Gasteiger partial charge >= 0.3 is 16.9 Å². The molecule has 0 bridgehead atoms. The maximum absolute atomic E-state index is 12.5. The van der Waals surface area contributed by atoms with Crippen LogP contribution in [0, 0.1) is 0 Å². The lowest BCUT2D eigenvalue weighted by molar-refractivity contribution is -0.596. The van der Waals surface area contributed by atoms with Crippen LogP contribution in [-0.4, -0.2) is 28.3 Å². The Hall–Kier alpha value is -2.47. The molecule has 2 aliphatic rings. The first-order chi connectivity index (χ1) is 11.1. The molecule has 0 spiro atoms. The highest BCUT2D eigenvalue weighted by Crippen LogP contribution is 2.52. The van der Waals surface area contributed by atoms with Crippen LogP contribution in [0.25, 0.3) is 0 Å². The molecule has 116 valence electrons. The van der Waals surface area contributed by atoms with Crippen molar-refractivity contribution in [1.29, 1.82) is 0 Å². The number of amides is 2. The van der Waals surface area contributed by atoms with E-state index in [2.05, 4.69) is 10.3 Å². The number of carbonyl (C=O) groups is 1. The van der Waals surface area contributed by atoms with Crippen molar-refractivity contribution < 1.29 is 14.9 Å². The number of aliphatic hydroxyl groups is 1. The van der Waals surface area contributed by atoms with E-state index in [1.165, 1.54) is 11.8 Å². The fourth-order valence-corrected chi connectivity index (χ4v) is 4.81. The molecule has 6 heteroatoms. The summed E-state index contributed by atoms with van der Waals surface area (Å²) in [6.07, 6.45) is 0. The first kappa shape index (κ1) is 14.1. The molecule has 5 nitrogen and oxygen atoms in total. The van der Waals surface area contributed by atoms with Gasteiger partial charge in [-0.2, -0.15) is 4.99 Å². The number of hydrogen-bond donors (Lipinski definition) is 3. The average Bonchev–Trinajstić information content (AvgIpc) is 2.99. The van der Waals surface area contributed by atoms with Gasteiger partial charge in [0.1, 0.15) is 0 Å². The highest BCUT2D eigenvalue weighted by molar-refractivity contribution is 8.14. The third-order valence-electron chi connectivity index (χ3n) is 4.51. The van der Waals surface area contributed by atoms with Gasteiger partial charge in [0.25, 0.3) is 0 Å². The summed E-state index contributed by atoms with van der Waals surface area (Å²) in [6, 6.07) is 19.2. The number of rotatable bonds is 2. The van der Waals surface area contributed by atoms with Gasteiger partial charge in [0.2, 0.25) is 4.87 Å². The van der Waals surface area contributed by atoms with Gasteiger partial charge in [0, 0.05) is 24.4 Å². The number of nitrogens with zero attached hydrogens (tertiary/aromatic N) is 1. The summed E-state index contributed by atoms with van der Waals surface area (Å²) in [5, 5.41) is 13.4. The van der Waals surface area contributed by atoms with Gasteiger partial charge < -0.3 is 10.4 Å². The minimum atomic E-state index is -0.901. The van der Waals surface area contributed by atoms with Crippen LogP contribution in [0.4, 0.5) is 4.79 Å². The van der Waals surface area contributed by atoms with E-state index in [0.717, 1.165) is 11.1 Å². The Kier molecular flexibility index (Phi) is 2.93. The molecule has 23 heavy (non-hydrogen) atoms. The molecule has 1 fully saturated rings. The number of urea groups is 1. The number of aliphatic hydroxyl groups excluding tert-OH is 1. The minimum Gasteiger partial charge on any atom is -0.455 e. The lowest BCUT2D eigenvalue weighted by atomic mass is 9.87. The van der Waals surface area contributed by atoms with E-state index < -0.39 is 10.5 Å². The second-order valence-corrected chi connectivity index (χ2v) is 6.85. The van der Waals surface area contributed by atoms with Crippen LogP contribution in [0.2, 0.25) is 0 Å². The highest BCUT2D eigenvalue weighted by Gasteiger charge is 2.74. The third-order valence-corrected chi connectivity index (χ3v) is 5.74. The van der Waals surface area contributed by atoms with E-state index in [4.69, 9.17) is 0 Å². The number of fused-ring (bicyclic) bond motifs is 1. The molecular weight excluding hydrogens is 310 g/mol. The third kappa shape index (κ3) is 1.69. The maximum atomic E-state index is 12.5. The summed E-state index contributed by atoms with van der Waals surface area (Å²) < 4.78 is 0. The normalized spacial score (nSPS) is 29.2. The van der Waals surface area contributed by atoms with Gasteiger partial charge in [-0.15, -0.1) is 0 Å². The molecule has 0 saturated carbocycles. The Bertz CT molecular complexity index is 796. The molecule has 2 heterocycles. The zero-order chi connectivity index (χ0) is 16.1. The lowest BCUT2D eigenvalue weighted by Gasteiger charge is -2.34. The summed E-state index contributed by atoms with van der Waals surface area (Å²) in [5.74, 6) is 0.